The number of carbonyl (C=O) groups excluding carboxylic acids is 1. The lowest BCUT2D eigenvalue weighted by molar-refractivity contribution is -0.114. The molecule has 6 nitrogen and oxygen atoms in total. The predicted molar refractivity (Wildman–Crippen MR) is 112 cm³/mol. The van der Waals surface area contributed by atoms with E-state index in [1.807, 2.05) is 54.6 Å². The normalized spacial score (nSPS) is 12.1. The van der Waals surface area contributed by atoms with E-state index in [4.69, 9.17) is 0 Å². The summed E-state index contributed by atoms with van der Waals surface area (Å²) in [5.41, 5.74) is 2.45. The van der Waals surface area contributed by atoms with E-state index in [1.165, 1.54) is 22.7 Å². The molecule has 0 saturated carbocycles. The highest BCUT2D eigenvalue weighted by Crippen LogP contribution is 2.11. The molecular weight excluding hydrogens is 372 g/mol. The van der Waals surface area contributed by atoms with Crippen LogP contribution in [0.1, 0.15) is 23.9 Å². The van der Waals surface area contributed by atoms with Gasteiger partial charge >= 0.3 is 0 Å². The van der Waals surface area contributed by atoms with E-state index in [2.05, 4.69) is 15.5 Å². The highest BCUT2D eigenvalue weighted by molar-refractivity contribution is 7.15. The molecular formula is C21H16N4O2S. The number of amides is 1. The number of fused-ring (bicyclic) bond motifs is 1. The standard InChI is InChI=1S/C21H16N4O2S/c1-14(26)22-17-10-7-16(8-11-17)13-18-20(27)25-19(23-24-21(25)28-18)12-9-15-5-3-2-4-6-15/h2-13H,1H3,(H,22,26)/b12-9-,18-13+. The molecule has 7 heteroatoms. The quantitative estimate of drug-likeness (QED) is 0.583. The van der Waals surface area contributed by atoms with E-state index in [1.54, 1.807) is 18.2 Å². The van der Waals surface area contributed by atoms with Gasteiger partial charge in [0.05, 0.1) is 4.53 Å². The molecule has 0 bridgehead atoms. The van der Waals surface area contributed by atoms with Gasteiger partial charge in [-0.25, -0.2) is 4.40 Å². The van der Waals surface area contributed by atoms with Gasteiger partial charge in [-0.05, 0) is 35.4 Å². The van der Waals surface area contributed by atoms with Crippen molar-refractivity contribution in [1.82, 2.24) is 14.6 Å². The third-order valence-electron chi connectivity index (χ3n) is 4.03. The Morgan fingerprint density at radius 2 is 1.75 bits per heavy atom. The van der Waals surface area contributed by atoms with Crippen LogP contribution in [-0.2, 0) is 4.79 Å². The van der Waals surface area contributed by atoms with Crippen LogP contribution in [0.15, 0.2) is 59.4 Å². The molecule has 0 unspecified atom stereocenters. The number of benzene rings is 2. The van der Waals surface area contributed by atoms with Gasteiger partial charge in [-0.1, -0.05) is 59.9 Å². The van der Waals surface area contributed by atoms with Crippen molar-refractivity contribution in [2.45, 2.75) is 6.92 Å². The van der Waals surface area contributed by atoms with Crippen LogP contribution in [0, 0.1) is 0 Å². The van der Waals surface area contributed by atoms with Crippen molar-refractivity contribution in [2.24, 2.45) is 0 Å². The molecule has 4 aromatic rings. The van der Waals surface area contributed by atoms with E-state index in [0.717, 1.165) is 11.1 Å². The number of anilines is 1. The third-order valence-corrected chi connectivity index (χ3v) is 4.99. The highest BCUT2D eigenvalue weighted by atomic mass is 32.1. The van der Waals surface area contributed by atoms with Crippen molar-refractivity contribution in [1.29, 1.82) is 0 Å². The van der Waals surface area contributed by atoms with Crippen molar-refractivity contribution >= 4 is 46.1 Å². The second-order valence-corrected chi connectivity index (χ2v) is 7.15. The van der Waals surface area contributed by atoms with Crippen LogP contribution in [0.4, 0.5) is 5.69 Å². The first-order chi connectivity index (χ1) is 13.6. The summed E-state index contributed by atoms with van der Waals surface area (Å²) >= 11 is 1.29. The summed E-state index contributed by atoms with van der Waals surface area (Å²) in [6, 6.07) is 17.1. The Morgan fingerprint density at radius 1 is 1.00 bits per heavy atom. The monoisotopic (exact) mass is 388 g/mol. The molecule has 2 heterocycles. The predicted octanol–water partition coefficient (Wildman–Crippen LogP) is 2.83. The van der Waals surface area contributed by atoms with Gasteiger partial charge < -0.3 is 5.32 Å². The summed E-state index contributed by atoms with van der Waals surface area (Å²) in [6.45, 7) is 1.46. The molecule has 0 atom stereocenters. The fourth-order valence-electron chi connectivity index (χ4n) is 2.74. The number of thiazole rings is 1. The SMILES string of the molecule is CC(=O)Nc1ccc(/C=c2/sc3nnc(/C=C\c4ccccc4)n3c2=O)cc1. The third kappa shape index (κ3) is 3.74. The van der Waals surface area contributed by atoms with Gasteiger partial charge in [-0.15, -0.1) is 10.2 Å². The molecule has 28 heavy (non-hydrogen) atoms. The summed E-state index contributed by atoms with van der Waals surface area (Å²) in [5, 5.41) is 10.9. The number of hydrogen-bond donors (Lipinski definition) is 1. The number of nitrogens with one attached hydrogen (secondary N) is 1. The lowest BCUT2D eigenvalue weighted by Gasteiger charge is -2.01. The zero-order valence-electron chi connectivity index (χ0n) is 15.0. The van der Waals surface area contributed by atoms with E-state index in [9.17, 15) is 9.59 Å². The topological polar surface area (TPSA) is 76.4 Å². The Balaban J connectivity index is 1.68. The minimum atomic E-state index is -0.149. The number of carbonyl (C=O) groups is 1. The maximum absolute atomic E-state index is 12.8. The van der Waals surface area contributed by atoms with Crippen LogP contribution in [0.3, 0.4) is 0 Å². The molecule has 0 radical (unpaired) electrons. The summed E-state index contributed by atoms with van der Waals surface area (Å²) < 4.78 is 2.09. The van der Waals surface area contributed by atoms with Gasteiger partial charge in [-0.2, -0.15) is 0 Å². The Bertz CT molecular complexity index is 1270. The first-order valence-corrected chi connectivity index (χ1v) is 9.42. The Morgan fingerprint density at radius 3 is 2.46 bits per heavy atom. The van der Waals surface area contributed by atoms with Crippen molar-refractivity contribution in [3.63, 3.8) is 0 Å². The minimum Gasteiger partial charge on any atom is -0.326 e. The van der Waals surface area contributed by atoms with Crippen LogP contribution in [0.2, 0.25) is 0 Å². The summed E-state index contributed by atoms with van der Waals surface area (Å²) in [7, 11) is 0. The van der Waals surface area contributed by atoms with Crippen LogP contribution in [0.25, 0.3) is 23.2 Å². The smallest absolute Gasteiger partial charge is 0.276 e. The molecule has 0 saturated heterocycles. The molecule has 4 rings (SSSR count). The van der Waals surface area contributed by atoms with Gasteiger partial charge in [0.25, 0.3) is 5.56 Å². The lowest BCUT2D eigenvalue weighted by Crippen LogP contribution is -2.23. The summed E-state index contributed by atoms with van der Waals surface area (Å²) in [5.74, 6) is 0.377. The number of aromatic nitrogens is 3. The highest BCUT2D eigenvalue weighted by Gasteiger charge is 2.10. The average Bonchev–Trinajstić information content (AvgIpc) is 3.22. The fraction of sp³-hybridized carbons (Fsp3) is 0.0476. The number of rotatable bonds is 4. The first-order valence-electron chi connectivity index (χ1n) is 8.60. The van der Waals surface area contributed by atoms with Crippen molar-refractivity contribution < 1.29 is 4.79 Å². The van der Waals surface area contributed by atoms with Crippen molar-refractivity contribution in [2.75, 3.05) is 5.32 Å². The van der Waals surface area contributed by atoms with E-state index in [0.29, 0.717) is 21.0 Å². The first kappa shape index (κ1) is 17.8. The largest absolute Gasteiger partial charge is 0.326 e. The Kier molecular flexibility index (Phi) is 4.82. The fourth-order valence-corrected chi connectivity index (χ4v) is 3.66. The van der Waals surface area contributed by atoms with Crippen LogP contribution < -0.4 is 15.4 Å². The molecule has 138 valence electrons. The Labute approximate surface area is 164 Å². The second kappa shape index (κ2) is 7.58. The van der Waals surface area contributed by atoms with Gasteiger partial charge in [-0.3, -0.25) is 9.59 Å². The second-order valence-electron chi connectivity index (χ2n) is 6.14. The summed E-state index contributed by atoms with van der Waals surface area (Å²) in [4.78, 5) is 24.5. The zero-order valence-corrected chi connectivity index (χ0v) is 15.8. The number of nitrogens with zero attached hydrogens (tertiary/aromatic N) is 3. The Hall–Kier alpha value is -3.58. The van der Waals surface area contributed by atoms with Gasteiger partial charge in [0.2, 0.25) is 10.9 Å². The molecule has 2 aromatic heterocycles. The molecule has 0 aliphatic heterocycles. The molecule has 0 aliphatic carbocycles. The van der Waals surface area contributed by atoms with E-state index < -0.39 is 0 Å². The maximum Gasteiger partial charge on any atom is 0.276 e. The van der Waals surface area contributed by atoms with Crippen molar-refractivity contribution in [3.8, 4) is 0 Å². The van der Waals surface area contributed by atoms with Crippen LogP contribution in [0.5, 0.6) is 0 Å². The maximum atomic E-state index is 12.8. The van der Waals surface area contributed by atoms with Crippen LogP contribution in [-0.4, -0.2) is 20.5 Å². The molecule has 0 aliphatic rings. The zero-order chi connectivity index (χ0) is 19.5. The average molecular weight is 388 g/mol. The van der Waals surface area contributed by atoms with E-state index in [-0.39, 0.29) is 11.5 Å². The van der Waals surface area contributed by atoms with Crippen LogP contribution >= 0.6 is 11.3 Å². The molecule has 0 fully saturated rings. The molecule has 1 N–H and O–H groups in total. The van der Waals surface area contributed by atoms with Gasteiger partial charge in [0.1, 0.15) is 0 Å². The van der Waals surface area contributed by atoms with E-state index >= 15 is 0 Å². The number of hydrogen-bond acceptors (Lipinski definition) is 5. The molecule has 0 spiro atoms. The minimum absolute atomic E-state index is 0.123. The molecule has 1 amide bonds. The summed E-state index contributed by atoms with van der Waals surface area (Å²) in [6.07, 6.45) is 5.50. The lowest BCUT2D eigenvalue weighted by atomic mass is 10.2. The van der Waals surface area contributed by atoms with Gasteiger partial charge in [0, 0.05) is 12.6 Å². The van der Waals surface area contributed by atoms with Crippen molar-refractivity contribution in [3.05, 3.63) is 86.4 Å². The van der Waals surface area contributed by atoms with Gasteiger partial charge in [0.15, 0.2) is 5.82 Å². The molecule has 2 aromatic carbocycles.